The Bertz CT molecular complexity index is 408. The van der Waals surface area contributed by atoms with Gasteiger partial charge in [0.15, 0.2) is 0 Å². The third-order valence-electron chi connectivity index (χ3n) is 3.60. The van der Waals surface area contributed by atoms with Crippen LogP contribution in [0.1, 0.15) is 24.9 Å². The number of amides is 1. The summed E-state index contributed by atoms with van der Waals surface area (Å²) in [4.78, 5) is 14.0. The fraction of sp³-hybridized carbons (Fsp3) is 0.500. The quantitative estimate of drug-likeness (QED) is 0.817. The summed E-state index contributed by atoms with van der Waals surface area (Å²) in [6, 6.07) is 8.79. The Kier molecular flexibility index (Phi) is 3.99. The van der Waals surface area contributed by atoms with Crippen molar-refractivity contribution in [3.05, 3.63) is 35.9 Å². The van der Waals surface area contributed by atoms with E-state index in [0.29, 0.717) is 19.5 Å². The second-order valence-corrected chi connectivity index (χ2v) is 5.01. The molecular formula is C14H20N2O2. The summed E-state index contributed by atoms with van der Waals surface area (Å²) in [6.07, 6.45) is 0.330. The Morgan fingerprint density at radius 1 is 1.44 bits per heavy atom. The smallest absolute Gasteiger partial charge is 0.244 e. The number of hydrogen-bond acceptors (Lipinski definition) is 3. The average molecular weight is 248 g/mol. The van der Waals surface area contributed by atoms with Crippen LogP contribution in [0.4, 0.5) is 0 Å². The molecule has 0 radical (unpaired) electrons. The van der Waals surface area contributed by atoms with Gasteiger partial charge in [-0.15, -0.1) is 0 Å². The molecule has 1 amide bonds. The van der Waals surface area contributed by atoms with E-state index in [9.17, 15) is 9.90 Å². The number of likely N-dealkylation sites (tertiary alicyclic amines) is 1. The molecule has 18 heavy (non-hydrogen) atoms. The van der Waals surface area contributed by atoms with Crippen LogP contribution >= 0.6 is 0 Å². The third kappa shape index (κ3) is 2.71. The number of nitrogens with zero attached hydrogens (tertiary/aromatic N) is 1. The van der Waals surface area contributed by atoms with Crippen molar-refractivity contribution in [2.24, 2.45) is 11.7 Å². The highest BCUT2D eigenvalue weighted by molar-refractivity contribution is 5.83. The molecule has 3 N–H and O–H groups in total. The molecule has 1 aromatic rings. The van der Waals surface area contributed by atoms with Gasteiger partial charge in [0.25, 0.3) is 0 Å². The molecule has 2 rings (SSSR count). The van der Waals surface area contributed by atoms with E-state index in [-0.39, 0.29) is 17.9 Å². The van der Waals surface area contributed by atoms with Crippen molar-refractivity contribution in [3.8, 4) is 0 Å². The summed E-state index contributed by atoms with van der Waals surface area (Å²) in [7, 11) is 0. The first-order valence-electron chi connectivity index (χ1n) is 6.37. The van der Waals surface area contributed by atoms with Gasteiger partial charge in [-0.05, 0) is 17.9 Å². The molecule has 1 aromatic carbocycles. The zero-order valence-electron chi connectivity index (χ0n) is 10.6. The number of benzene rings is 1. The zero-order valence-corrected chi connectivity index (χ0v) is 10.6. The van der Waals surface area contributed by atoms with Crippen LogP contribution in [0.25, 0.3) is 0 Å². The Morgan fingerprint density at radius 3 is 2.72 bits per heavy atom. The SMILES string of the molecule is CC1CN(C(=O)C(N)c2ccccc2)CCC1O. The summed E-state index contributed by atoms with van der Waals surface area (Å²) < 4.78 is 0. The third-order valence-corrected chi connectivity index (χ3v) is 3.60. The van der Waals surface area contributed by atoms with E-state index in [1.807, 2.05) is 37.3 Å². The highest BCUT2D eigenvalue weighted by atomic mass is 16.3. The minimum atomic E-state index is -0.603. The van der Waals surface area contributed by atoms with Crippen molar-refractivity contribution < 1.29 is 9.90 Å². The maximum Gasteiger partial charge on any atom is 0.244 e. The number of aliphatic hydroxyl groups excluding tert-OH is 1. The number of aliphatic hydroxyl groups is 1. The Balaban J connectivity index is 2.03. The van der Waals surface area contributed by atoms with E-state index in [4.69, 9.17) is 5.73 Å². The van der Waals surface area contributed by atoms with Crippen LogP contribution in [0.2, 0.25) is 0 Å². The summed E-state index contributed by atoms with van der Waals surface area (Å²) >= 11 is 0. The van der Waals surface area contributed by atoms with Gasteiger partial charge in [-0.25, -0.2) is 0 Å². The molecule has 4 nitrogen and oxygen atoms in total. The lowest BCUT2D eigenvalue weighted by Crippen LogP contribution is -2.48. The minimum absolute atomic E-state index is 0.0556. The minimum Gasteiger partial charge on any atom is -0.393 e. The predicted octanol–water partition coefficient (Wildman–Crippen LogP) is 0.916. The average Bonchev–Trinajstić information content (AvgIpc) is 2.41. The first-order valence-corrected chi connectivity index (χ1v) is 6.37. The van der Waals surface area contributed by atoms with Gasteiger partial charge in [-0.3, -0.25) is 4.79 Å². The van der Waals surface area contributed by atoms with E-state index in [2.05, 4.69) is 0 Å². The maximum absolute atomic E-state index is 12.3. The summed E-state index contributed by atoms with van der Waals surface area (Å²) in [5.41, 5.74) is 6.83. The fourth-order valence-electron chi connectivity index (χ4n) is 2.33. The number of rotatable bonds is 2. The Morgan fingerprint density at radius 2 is 2.11 bits per heavy atom. The molecule has 0 aliphatic carbocycles. The first-order chi connectivity index (χ1) is 8.59. The fourth-order valence-corrected chi connectivity index (χ4v) is 2.33. The normalized spacial score (nSPS) is 25.8. The van der Waals surface area contributed by atoms with Crippen molar-refractivity contribution >= 4 is 5.91 Å². The van der Waals surface area contributed by atoms with Crippen molar-refractivity contribution in [3.63, 3.8) is 0 Å². The molecule has 1 fully saturated rings. The summed E-state index contributed by atoms with van der Waals surface area (Å²) in [5, 5.41) is 9.66. The molecule has 3 unspecified atom stereocenters. The van der Waals surface area contributed by atoms with Gasteiger partial charge in [-0.1, -0.05) is 37.3 Å². The summed E-state index contributed by atoms with van der Waals surface area (Å²) in [5.74, 6) is 0.0608. The van der Waals surface area contributed by atoms with Crippen LogP contribution in [-0.2, 0) is 4.79 Å². The van der Waals surface area contributed by atoms with Gasteiger partial charge >= 0.3 is 0 Å². The van der Waals surface area contributed by atoms with Crippen molar-refractivity contribution in [1.82, 2.24) is 4.90 Å². The van der Waals surface area contributed by atoms with Gasteiger partial charge in [-0.2, -0.15) is 0 Å². The van der Waals surface area contributed by atoms with Crippen molar-refractivity contribution in [1.29, 1.82) is 0 Å². The second kappa shape index (κ2) is 5.50. The van der Waals surface area contributed by atoms with Gasteiger partial charge in [0, 0.05) is 13.1 Å². The number of hydrogen-bond donors (Lipinski definition) is 2. The van der Waals surface area contributed by atoms with Crippen molar-refractivity contribution in [2.45, 2.75) is 25.5 Å². The summed E-state index contributed by atoms with van der Waals surface area (Å²) in [6.45, 7) is 3.13. The molecule has 1 saturated heterocycles. The number of nitrogens with two attached hydrogens (primary N) is 1. The molecule has 1 aliphatic heterocycles. The van der Waals surface area contributed by atoms with E-state index >= 15 is 0 Å². The molecule has 0 bridgehead atoms. The van der Waals surface area contributed by atoms with Gasteiger partial charge in [0.05, 0.1) is 6.10 Å². The van der Waals surface area contributed by atoms with Crippen LogP contribution in [0.15, 0.2) is 30.3 Å². The first kappa shape index (κ1) is 13.1. The Labute approximate surface area is 107 Å². The maximum atomic E-state index is 12.3. The standard InChI is InChI=1S/C14H20N2O2/c1-10-9-16(8-7-12(10)17)14(18)13(15)11-5-3-2-4-6-11/h2-6,10,12-13,17H,7-9,15H2,1H3. The molecule has 1 aliphatic rings. The van der Waals surface area contributed by atoms with Gasteiger partial charge in [0.2, 0.25) is 5.91 Å². The lowest BCUT2D eigenvalue weighted by atomic mass is 9.95. The number of carbonyl (C=O) groups is 1. The molecular weight excluding hydrogens is 228 g/mol. The van der Waals surface area contributed by atoms with Crippen molar-refractivity contribution in [2.75, 3.05) is 13.1 Å². The zero-order chi connectivity index (χ0) is 13.1. The molecule has 1 heterocycles. The van der Waals surface area contributed by atoms with Gasteiger partial charge < -0.3 is 15.7 Å². The second-order valence-electron chi connectivity index (χ2n) is 5.01. The monoisotopic (exact) mass is 248 g/mol. The van der Waals surface area contributed by atoms with E-state index in [1.165, 1.54) is 0 Å². The molecule has 98 valence electrons. The van der Waals surface area contributed by atoms with Crippen LogP contribution in [0.5, 0.6) is 0 Å². The lowest BCUT2D eigenvalue weighted by molar-refractivity contribution is -0.136. The predicted molar refractivity (Wildman–Crippen MR) is 69.7 cm³/mol. The van der Waals surface area contributed by atoms with E-state index in [0.717, 1.165) is 5.56 Å². The van der Waals surface area contributed by atoms with E-state index < -0.39 is 6.04 Å². The largest absolute Gasteiger partial charge is 0.393 e. The lowest BCUT2D eigenvalue weighted by Gasteiger charge is -2.35. The Hall–Kier alpha value is -1.39. The van der Waals surface area contributed by atoms with Crippen LogP contribution < -0.4 is 5.73 Å². The molecule has 0 aromatic heterocycles. The molecule has 0 saturated carbocycles. The number of carbonyl (C=O) groups excluding carboxylic acids is 1. The number of piperidine rings is 1. The highest BCUT2D eigenvalue weighted by Crippen LogP contribution is 2.20. The topological polar surface area (TPSA) is 66.6 Å². The molecule has 4 heteroatoms. The van der Waals surface area contributed by atoms with Crippen LogP contribution in [-0.4, -0.2) is 35.1 Å². The van der Waals surface area contributed by atoms with Crippen LogP contribution in [0, 0.1) is 5.92 Å². The molecule has 3 atom stereocenters. The van der Waals surface area contributed by atoms with Gasteiger partial charge in [0.1, 0.15) is 6.04 Å². The van der Waals surface area contributed by atoms with Crippen LogP contribution in [0.3, 0.4) is 0 Å². The molecule has 0 spiro atoms. The highest BCUT2D eigenvalue weighted by Gasteiger charge is 2.30. The van der Waals surface area contributed by atoms with E-state index in [1.54, 1.807) is 4.90 Å².